The average Bonchev–Trinajstić information content (AvgIpc) is 2.70. The Balaban J connectivity index is 2.44. The highest BCUT2D eigenvalue weighted by molar-refractivity contribution is 7.89. The predicted octanol–water partition coefficient (Wildman–Crippen LogP) is 0.542. The molecule has 2 rings (SSSR count). The van der Waals surface area contributed by atoms with Crippen LogP contribution in [0.5, 0.6) is 0 Å². The summed E-state index contributed by atoms with van der Waals surface area (Å²) in [7, 11) is -2.27. The Bertz CT molecular complexity index is 797. The van der Waals surface area contributed by atoms with Crippen molar-refractivity contribution in [2.75, 3.05) is 0 Å². The molecule has 22 heavy (non-hydrogen) atoms. The summed E-state index contributed by atoms with van der Waals surface area (Å²) >= 11 is 0. The Morgan fingerprint density at radius 2 is 1.86 bits per heavy atom. The largest absolute Gasteiger partial charge is 0.368 e. The molecular weight excluding hydrogens is 304 g/mol. The smallest absolute Gasteiger partial charge is 0.245 e. The second-order valence-corrected chi connectivity index (χ2v) is 6.64. The van der Waals surface area contributed by atoms with Gasteiger partial charge in [-0.3, -0.25) is 9.48 Å². The van der Waals surface area contributed by atoms with Crippen molar-refractivity contribution < 1.29 is 13.2 Å². The molecule has 1 heterocycles. The molecule has 0 saturated heterocycles. The van der Waals surface area contributed by atoms with Crippen LogP contribution in [0, 0.1) is 13.8 Å². The van der Waals surface area contributed by atoms with Gasteiger partial charge in [-0.2, -0.15) is 9.82 Å². The van der Waals surface area contributed by atoms with E-state index in [0.717, 1.165) is 0 Å². The second-order valence-electron chi connectivity index (χ2n) is 4.99. The van der Waals surface area contributed by atoms with Crippen molar-refractivity contribution in [3.05, 3.63) is 47.3 Å². The Kier molecular flexibility index (Phi) is 4.34. The molecule has 0 bridgehead atoms. The first-order valence-electron chi connectivity index (χ1n) is 6.61. The highest BCUT2D eigenvalue weighted by Gasteiger charge is 2.29. The molecule has 0 spiro atoms. The Hall–Kier alpha value is -2.19. The molecule has 0 unspecified atom stereocenters. The number of sulfonamides is 1. The van der Waals surface area contributed by atoms with Crippen molar-refractivity contribution >= 4 is 15.9 Å². The van der Waals surface area contributed by atoms with Crippen molar-refractivity contribution in [2.24, 2.45) is 12.8 Å². The third kappa shape index (κ3) is 3.02. The van der Waals surface area contributed by atoms with E-state index >= 15 is 0 Å². The van der Waals surface area contributed by atoms with Crippen LogP contribution in [0.4, 0.5) is 0 Å². The summed E-state index contributed by atoms with van der Waals surface area (Å²) in [5, 5.41) is 4.08. The zero-order valence-electron chi connectivity index (χ0n) is 12.6. The van der Waals surface area contributed by atoms with Crippen LogP contribution in [0.1, 0.15) is 23.0 Å². The first kappa shape index (κ1) is 16.2. The van der Waals surface area contributed by atoms with Crippen LogP contribution in [0.3, 0.4) is 0 Å². The van der Waals surface area contributed by atoms with Crippen molar-refractivity contribution in [1.29, 1.82) is 0 Å². The third-order valence-corrected chi connectivity index (χ3v) is 5.08. The predicted molar refractivity (Wildman–Crippen MR) is 81.4 cm³/mol. The Labute approximate surface area is 129 Å². The molecule has 0 saturated carbocycles. The van der Waals surface area contributed by atoms with E-state index < -0.39 is 22.0 Å². The van der Waals surface area contributed by atoms with Gasteiger partial charge in [0.05, 0.1) is 11.4 Å². The minimum Gasteiger partial charge on any atom is -0.368 e. The van der Waals surface area contributed by atoms with Gasteiger partial charge in [0.15, 0.2) is 0 Å². The molecule has 0 aliphatic heterocycles. The maximum atomic E-state index is 12.6. The van der Waals surface area contributed by atoms with Crippen molar-refractivity contribution in [1.82, 2.24) is 14.5 Å². The molecule has 1 aromatic carbocycles. The number of carbonyl (C=O) groups excluding carboxylic acids is 1. The van der Waals surface area contributed by atoms with Crippen molar-refractivity contribution in [2.45, 2.75) is 24.8 Å². The van der Waals surface area contributed by atoms with Crippen LogP contribution in [0.25, 0.3) is 0 Å². The number of hydrogen-bond acceptors (Lipinski definition) is 4. The number of nitrogens with two attached hydrogens (primary N) is 1. The van der Waals surface area contributed by atoms with Crippen LogP contribution in [-0.2, 0) is 21.9 Å². The van der Waals surface area contributed by atoms with E-state index in [1.807, 2.05) is 0 Å². The minimum atomic E-state index is -3.93. The number of aryl methyl sites for hydroxylation is 2. The normalized spacial score (nSPS) is 13.0. The third-order valence-electron chi connectivity index (χ3n) is 3.40. The van der Waals surface area contributed by atoms with Gasteiger partial charge in [-0.1, -0.05) is 30.3 Å². The maximum absolute atomic E-state index is 12.6. The number of nitrogens with one attached hydrogen (secondary N) is 1. The lowest BCUT2D eigenvalue weighted by Gasteiger charge is -2.16. The minimum absolute atomic E-state index is 0.0668. The summed E-state index contributed by atoms with van der Waals surface area (Å²) < 4.78 is 29.0. The van der Waals surface area contributed by atoms with Crippen LogP contribution in [0.2, 0.25) is 0 Å². The summed E-state index contributed by atoms with van der Waals surface area (Å²) in [6.07, 6.45) is 0. The molecule has 1 aromatic heterocycles. The molecule has 1 atom stereocenters. The molecule has 0 aliphatic carbocycles. The number of aromatic nitrogens is 2. The second kappa shape index (κ2) is 5.90. The summed E-state index contributed by atoms with van der Waals surface area (Å²) in [4.78, 5) is 11.7. The number of carbonyl (C=O) groups is 1. The van der Waals surface area contributed by atoms with E-state index in [1.54, 1.807) is 51.2 Å². The lowest BCUT2D eigenvalue weighted by Crippen LogP contribution is -2.37. The Morgan fingerprint density at radius 3 is 2.32 bits per heavy atom. The average molecular weight is 322 g/mol. The molecule has 1 amide bonds. The van der Waals surface area contributed by atoms with Crippen LogP contribution in [-0.4, -0.2) is 24.1 Å². The van der Waals surface area contributed by atoms with Gasteiger partial charge in [0.25, 0.3) is 0 Å². The summed E-state index contributed by atoms with van der Waals surface area (Å²) in [5.74, 6) is -0.769. The topological polar surface area (TPSA) is 107 Å². The first-order valence-corrected chi connectivity index (χ1v) is 8.09. The maximum Gasteiger partial charge on any atom is 0.245 e. The van der Waals surface area contributed by atoms with Gasteiger partial charge in [0.1, 0.15) is 10.9 Å². The first-order chi connectivity index (χ1) is 10.2. The number of benzene rings is 1. The van der Waals surface area contributed by atoms with Crippen LogP contribution in [0.15, 0.2) is 35.2 Å². The Morgan fingerprint density at radius 1 is 1.27 bits per heavy atom. The fourth-order valence-electron chi connectivity index (χ4n) is 2.29. The van der Waals surface area contributed by atoms with Gasteiger partial charge in [-0.25, -0.2) is 8.42 Å². The van der Waals surface area contributed by atoms with Gasteiger partial charge in [0.2, 0.25) is 15.9 Å². The molecule has 2 aromatic rings. The van der Waals surface area contributed by atoms with Crippen LogP contribution < -0.4 is 10.5 Å². The summed E-state index contributed by atoms with van der Waals surface area (Å²) in [5.41, 5.74) is 6.68. The molecule has 7 nitrogen and oxygen atoms in total. The van der Waals surface area contributed by atoms with Gasteiger partial charge in [-0.05, 0) is 19.4 Å². The van der Waals surface area contributed by atoms with Crippen molar-refractivity contribution in [3.63, 3.8) is 0 Å². The van der Waals surface area contributed by atoms with Gasteiger partial charge < -0.3 is 5.73 Å². The molecule has 0 aliphatic rings. The van der Waals surface area contributed by atoms with Gasteiger partial charge in [0, 0.05) is 7.05 Å². The SMILES string of the molecule is Cc1nn(C)c(C)c1S(=O)(=O)N[C@@H](C(N)=O)c1ccccc1. The number of primary amides is 1. The van der Waals surface area contributed by atoms with E-state index in [4.69, 9.17) is 5.73 Å². The molecule has 0 radical (unpaired) electrons. The monoisotopic (exact) mass is 322 g/mol. The lowest BCUT2D eigenvalue weighted by molar-refractivity contribution is -0.119. The molecule has 118 valence electrons. The molecular formula is C14H18N4O3S. The lowest BCUT2D eigenvalue weighted by atomic mass is 10.1. The highest BCUT2D eigenvalue weighted by atomic mass is 32.2. The molecule has 3 N–H and O–H groups in total. The fraction of sp³-hybridized carbons (Fsp3) is 0.286. The number of amides is 1. The highest BCUT2D eigenvalue weighted by Crippen LogP contribution is 2.22. The zero-order valence-corrected chi connectivity index (χ0v) is 13.4. The number of nitrogens with zero attached hydrogens (tertiary/aromatic N) is 2. The summed E-state index contributed by atoms with van der Waals surface area (Å²) in [6, 6.07) is 7.33. The zero-order chi connectivity index (χ0) is 16.5. The van der Waals surface area contributed by atoms with E-state index in [9.17, 15) is 13.2 Å². The fourth-order valence-corrected chi connectivity index (χ4v) is 3.92. The van der Waals surface area contributed by atoms with E-state index in [0.29, 0.717) is 17.0 Å². The van der Waals surface area contributed by atoms with E-state index in [1.165, 1.54) is 4.68 Å². The molecule has 0 fully saturated rings. The quantitative estimate of drug-likeness (QED) is 0.837. The molecule has 8 heteroatoms. The van der Waals surface area contributed by atoms with E-state index in [2.05, 4.69) is 9.82 Å². The van der Waals surface area contributed by atoms with Gasteiger partial charge in [-0.15, -0.1) is 0 Å². The standard InChI is InChI=1S/C14H18N4O3S/c1-9-13(10(2)18(3)16-9)22(20,21)17-12(14(15)19)11-7-5-4-6-8-11/h4-8,12,17H,1-3H3,(H2,15,19)/t12-/m1/s1. The van der Waals surface area contributed by atoms with Gasteiger partial charge >= 0.3 is 0 Å². The summed E-state index contributed by atoms with van der Waals surface area (Å²) in [6.45, 7) is 3.25. The van der Waals surface area contributed by atoms with E-state index in [-0.39, 0.29) is 4.90 Å². The van der Waals surface area contributed by atoms with Crippen LogP contribution >= 0.6 is 0 Å². The number of rotatable bonds is 5. The number of hydrogen-bond donors (Lipinski definition) is 2. The van der Waals surface area contributed by atoms with Crippen molar-refractivity contribution in [3.8, 4) is 0 Å².